The quantitative estimate of drug-likeness (QED) is 0.627. The maximum Gasteiger partial charge on any atom is 0.00386 e. The Bertz CT molecular complexity index is 255. The maximum absolute atomic E-state index is 2.62. The predicted octanol–water partition coefficient (Wildman–Crippen LogP) is 3.46. The largest absolute Gasteiger partial charge is 0.301 e. The molecule has 0 aromatic heterocycles. The number of hydrogen-bond donors (Lipinski definition) is 0. The van der Waals surface area contributed by atoms with Crippen LogP contribution in [-0.4, -0.2) is 24.0 Å². The molecule has 1 heterocycles. The van der Waals surface area contributed by atoms with Crippen molar-refractivity contribution in [2.45, 2.75) is 53.0 Å². The summed E-state index contributed by atoms with van der Waals surface area (Å²) in [6, 6.07) is 0.732. The molecular formula is C14H25N. The molecule has 0 saturated carbocycles. The van der Waals surface area contributed by atoms with Gasteiger partial charge in [0, 0.05) is 6.04 Å². The molecule has 0 unspecified atom stereocenters. The van der Waals surface area contributed by atoms with Gasteiger partial charge in [0.05, 0.1) is 0 Å². The number of rotatable bonds is 2. The molecule has 0 N–H and O–H groups in total. The molecule has 1 nitrogen and oxygen atoms in total. The zero-order valence-electron chi connectivity index (χ0n) is 10.7. The highest BCUT2D eigenvalue weighted by Gasteiger charge is 2.40. The van der Waals surface area contributed by atoms with Crippen LogP contribution >= 0.6 is 0 Å². The molecule has 2 aliphatic rings. The van der Waals surface area contributed by atoms with E-state index in [1.807, 2.05) is 0 Å². The second kappa shape index (κ2) is 3.93. The number of likely N-dealkylation sites (tertiary alicyclic amines) is 1. The summed E-state index contributed by atoms with van der Waals surface area (Å²) in [4.78, 5) is 2.62. The third-order valence-corrected chi connectivity index (χ3v) is 4.31. The minimum atomic E-state index is 0.616. The Morgan fingerprint density at radius 2 is 1.67 bits per heavy atom. The Kier molecular flexibility index (Phi) is 2.94. The van der Waals surface area contributed by atoms with Gasteiger partial charge >= 0.3 is 0 Å². The first kappa shape index (κ1) is 11.2. The smallest absolute Gasteiger partial charge is 0.00386 e. The van der Waals surface area contributed by atoms with Gasteiger partial charge in [-0.1, -0.05) is 25.5 Å². The Labute approximate surface area is 94.5 Å². The first-order valence-electron chi connectivity index (χ1n) is 6.48. The van der Waals surface area contributed by atoms with Crippen LogP contribution in [0.15, 0.2) is 11.6 Å². The summed E-state index contributed by atoms with van der Waals surface area (Å²) in [6.45, 7) is 11.9. The lowest BCUT2D eigenvalue weighted by atomic mass is 9.63. The Morgan fingerprint density at radius 3 is 2.07 bits per heavy atom. The maximum atomic E-state index is 2.62. The fourth-order valence-corrected chi connectivity index (χ4v) is 2.95. The van der Waals surface area contributed by atoms with Gasteiger partial charge in [-0.05, 0) is 57.5 Å². The molecule has 0 aromatic rings. The fraction of sp³-hybridized carbons (Fsp3) is 0.857. The Balaban J connectivity index is 1.90. The van der Waals surface area contributed by atoms with Crippen LogP contribution in [0, 0.1) is 11.3 Å². The van der Waals surface area contributed by atoms with Crippen LogP contribution in [0.3, 0.4) is 0 Å². The molecule has 1 fully saturated rings. The third kappa shape index (κ3) is 2.13. The van der Waals surface area contributed by atoms with Crippen molar-refractivity contribution in [3.05, 3.63) is 11.6 Å². The standard InChI is InChI=1S/C14H25N/c1-11(2)13-9-14(10-13)5-7-15(8-6-14)12(3)4/h9,11-12H,5-8,10H2,1-4H3. The third-order valence-electron chi connectivity index (χ3n) is 4.31. The van der Waals surface area contributed by atoms with Crippen molar-refractivity contribution in [1.29, 1.82) is 0 Å². The van der Waals surface area contributed by atoms with Crippen molar-refractivity contribution in [1.82, 2.24) is 4.90 Å². The number of piperidine rings is 1. The van der Waals surface area contributed by atoms with E-state index >= 15 is 0 Å². The van der Waals surface area contributed by atoms with Gasteiger partial charge in [-0.3, -0.25) is 0 Å². The van der Waals surface area contributed by atoms with Gasteiger partial charge < -0.3 is 4.90 Å². The Hall–Kier alpha value is -0.300. The van der Waals surface area contributed by atoms with E-state index in [1.54, 1.807) is 5.57 Å². The van der Waals surface area contributed by atoms with Crippen molar-refractivity contribution in [3.63, 3.8) is 0 Å². The first-order valence-corrected chi connectivity index (χ1v) is 6.48. The van der Waals surface area contributed by atoms with E-state index < -0.39 is 0 Å². The highest BCUT2D eigenvalue weighted by molar-refractivity contribution is 5.26. The molecule has 1 aliphatic heterocycles. The van der Waals surface area contributed by atoms with Gasteiger partial charge in [0.25, 0.3) is 0 Å². The second-order valence-electron chi connectivity index (χ2n) is 6.04. The number of allylic oxidation sites excluding steroid dienone is 2. The van der Waals surface area contributed by atoms with Gasteiger partial charge in [0.1, 0.15) is 0 Å². The van der Waals surface area contributed by atoms with Crippen molar-refractivity contribution in [2.75, 3.05) is 13.1 Å². The van der Waals surface area contributed by atoms with Gasteiger partial charge in [-0.2, -0.15) is 0 Å². The summed E-state index contributed by atoms with van der Waals surface area (Å²) < 4.78 is 0. The molecule has 0 amide bonds. The lowest BCUT2D eigenvalue weighted by Crippen LogP contribution is -2.45. The summed E-state index contributed by atoms with van der Waals surface area (Å²) in [7, 11) is 0. The van der Waals surface area contributed by atoms with Crippen LogP contribution < -0.4 is 0 Å². The van der Waals surface area contributed by atoms with Crippen LogP contribution in [0.4, 0.5) is 0 Å². The summed E-state index contributed by atoms with van der Waals surface area (Å²) in [5.41, 5.74) is 2.32. The van der Waals surface area contributed by atoms with Crippen LogP contribution in [0.1, 0.15) is 47.0 Å². The van der Waals surface area contributed by atoms with Crippen LogP contribution in [0.25, 0.3) is 0 Å². The van der Waals surface area contributed by atoms with Crippen LogP contribution in [0.5, 0.6) is 0 Å². The fourth-order valence-electron chi connectivity index (χ4n) is 2.95. The molecule has 0 radical (unpaired) electrons. The van der Waals surface area contributed by atoms with E-state index in [0.717, 1.165) is 12.0 Å². The van der Waals surface area contributed by atoms with Gasteiger partial charge in [-0.25, -0.2) is 0 Å². The predicted molar refractivity (Wildman–Crippen MR) is 65.9 cm³/mol. The molecule has 2 rings (SSSR count). The molecule has 1 saturated heterocycles. The molecule has 15 heavy (non-hydrogen) atoms. The van der Waals surface area contributed by atoms with Crippen molar-refractivity contribution in [2.24, 2.45) is 11.3 Å². The van der Waals surface area contributed by atoms with Crippen LogP contribution in [0.2, 0.25) is 0 Å². The minimum absolute atomic E-state index is 0.616. The minimum Gasteiger partial charge on any atom is -0.301 e. The monoisotopic (exact) mass is 207 g/mol. The molecular weight excluding hydrogens is 182 g/mol. The molecule has 0 aromatic carbocycles. The summed E-state index contributed by atoms with van der Waals surface area (Å²) in [5.74, 6) is 0.777. The molecule has 1 heteroatoms. The average molecular weight is 207 g/mol. The van der Waals surface area contributed by atoms with Crippen LogP contribution in [-0.2, 0) is 0 Å². The van der Waals surface area contributed by atoms with E-state index in [0.29, 0.717) is 5.41 Å². The Morgan fingerprint density at radius 1 is 1.13 bits per heavy atom. The van der Waals surface area contributed by atoms with E-state index in [4.69, 9.17) is 0 Å². The van der Waals surface area contributed by atoms with Gasteiger partial charge in [0.15, 0.2) is 0 Å². The van der Waals surface area contributed by atoms with Crippen molar-refractivity contribution in [3.8, 4) is 0 Å². The molecule has 1 aliphatic carbocycles. The molecule has 0 bridgehead atoms. The SMILES string of the molecule is CC(C)C1=CC2(CCN(C(C)C)CC2)C1. The molecule has 1 spiro atoms. The summed E-state index contributed by atoms with van der Waals surface area (Å²) in [5, 5.41) is 0. The zero-order valence-corrected chi connectivity index (χ0v) is 10.7. The first-order chi connectivity index (χ1) is 7.02. The van der Waals surface area contributed by atoms with E-state index in [1.165, 1.54) is 32.4 Å². The number of nitrogens with zero attached hydrogens (tertiary/aromatic N) is 1. The second-order valence-corrected chi connectivity index (χ2v) is 6.04. The van der Waals surface area contributed by atoms with Gasteiger partial charge in [0.2, 0.25) is 0 Å². The topological polar surface area (TPSA) is 3.24 Å². The van der Waals surface area contributed by atoms with Crippen molar-refractivity contribution >= 4 is 0 Å². The zero-order chi connectivity index (χ0) is 11.1. The molecule has 86 valence electrons. The summed E-state index contributed by atoms with van der Waals surface area (Å²) >= 11 is 0. The lowest BCUT2D eigenvalue weighted by Gasteiger charge is -2.48. The lowest BCUT2D eigenvalue weighted by molar-refractivity contribution is 0.0980. The normalized spacial score (nSPS) is 25.9. The van der Waals surface area contributed by atoms with Crippen molar-refractivity contribution < 1.29 is 0 Å². The van der Waals surface area contributed by atoms with E-state index in [9.17, 15) is 0 Å². The number of hydrogen-bond acceptors (Lipinski definition) is 1. The summed E-state index contributed by atoms with van der Waals surface area (Å²) in [6.07, 6.45) is 6.76. The van der Waals surface area contributed by atoms with E-state index in [2.05, 4.69) is 38.7 Å². The van der Waals surface area contributed by atoms with Gasteiger partial charge in [-0.15, -0.1) is 0 Å². The molecule has 0 atom stereocenters. The highest BCUT2D eigenvalue weighted by atomic mass is 15.2. The van der Waals surface area contributed by atoms with E-state index in [-0.39, 0.29) is 0 Å². The highest BCUT2D eigenvalue weighted by Crippen LogP contribution is 2.49. The average Bonchev–Trinajstić information content (AvgIpc) is 2.13.